The molecule has 0 aliphatic heterocycles. The molecule has 0 amide bonds. The first-order valence-corrected chi connectivity index (χ1v) is 6.12. The van der Waals surface area contributed by atoms with Gasteiger partial charge in [-0.05, 0) is 31.2 Å². The van der Waals surface area contributed by atoms with Crippen LogP contribution >= 0.6 is 11.6 Å². The van der Waals surface area contributed by atoms with E-state index in [1.54, 1.807) is 0 Å². The normalized spacial score (nSPS) is 27.0. The third-order valence-corrected chi connectivity index (χ3v) is 3.25. The molecule has 1 aromatic rings. The molecule has 3 nitrogen and oxygen atoms in total. The maximum absolute atomic E-state index is 9.24. The van der Waals surface area contributed by atoms with Gasteiger partial charge in [0.2, 0.25) is 0 Å². The van der Waals surface area contributed by atoms with Crippen LogP contribution in [-0.4, -0.2) is 18.2 Å². The average Bonchev–Trinajstić information content (AvgIpc) is 2.29. The van der Waals surface area contributed by atoms with Gasteiger partial charge in [0.25, 0.3) is 0 Å². The monoisotopic (exact) mass is 250 g/mol. The number of nitriles is 1. The number of benzene rings is 1. The predicted molar refractivity (Wildman–Crippen MR) is 68.1 cm³/mol. The van der Waals surface area contributed by atoms with E-state index in [1.807, 2.05) is 31.2 Å². The second kappa shape index (κ2) is 4.95. The van der Waals surface area contributed by atoms with E-state index in [9.17, 15) is 5.26 Å². The first kappa shape index (κ1) is 12.2. The Morgan fingerprint density at radius 2 is 2.12 bits per heavy atom. The van der Waals surface area contributed by atoms with Crippen LogP contribution in [0.2, 0.25) is 5.02 Å². The van der Waals surface area contributed by atoms with Crippen molar-refractivity contribution in [3.8, 4) is 6.07 Å². The summed E-state index contributed by atoms with van der Waals surface area (Å²) in [4.78, 5) is 0. The lowest BCUT2D eigenvalue weighted by Crippen LogP contribution is -2.53. The lowest BCUT2D eigenvalue weighted by Gasteiger charge is -2.43. The number of halogens is 1. The van der Waals surface area contributed by atoms with Crippen LogP contribution in [0.15, 0.2) is 24.3 Å². The van der Waals surface area contributed by atoms with Crippen LogP contribution in [0.5, 0.6) is 0 Å². The van der Waals surface area contributed by atoms with E-state index in [4.69, 9.17) is 16.3 Å². The molecule has 2 rings (SSSR count). The Morgan fingerprint density at radius 3 is 2.65 bits per heavy atom. The topological polar surface area (TPSA) is 45.0 Å². The molecule has 90 valence electrons. The SMILES string of the molecule is CCOC1CC(C#N)(Nc2ccc(Cl)cc2)C1. The highest BCUT2D eigenvalue weighted by molar-refractivity contribution is 6.30. The molecule has 0 radical (unpaired) electrons. The van der Waals surface area contributed by atoms with Crippen LogP contribution in [0.25, 0.3) is 0 Å². The zero-order chi connectivity index (χ0) is 12.3. The van der Waals surface area contributed by atoms with Crippen molar-refractivity contribution >= 4 is 17.3 Å². The Kier molecular flexibility index (Phi) is 3.56. The van der Waals surface area contributed by atoms with Gasteiger partial charge in [0.05, 0.1) is 12.2 Å². The molecule has 1 aliphatic rings. The van der Waals surface area contributed by atoms with Crippen LogP contribution in [0.4, 0.5) is 5.69 Å². The molecule has 0 heterocycles. The summed E-state index contributed by atoms with van der Waals surface area (Å²) < 4.78 is 5.48. The van der Waals surface area contributed by atoms with E-state index >= 15 is 0 Å². The molecule has 1 N–H and O–H groups in total. The molecule has 0 atom stereocenters. The summed E-state index contributed by atoms with van der Waals surface area (Å²) in [5.41, 5.74) is 0.444. The Hall–Kier alpha value is -1.24. The van der Waals surface area contributed by atoms with Crippen molar-refractivity contribution in [2.24, 2.45) is 0 Å². The molecule has 1 fully saturated rings. The number of hydrogen-bond donors (Lipinski definition) is 1. The van der Waals surface area contributed by atoms with E-state index in [2.05, 4.69) is 11.4 Å². The van der Waals surface area contributed by atoms with Crippen LogP contribution in [0.1, 0.15) is 19.8 Å². The van der Waals surface area contributed by atoms with Gasteiger partial charge in [-0.25, -0.2) is 0 Å². The molecular formula is C13H15ClN2O. The van der Waals surface area contributed by atoms with Gasteiger partial charge < -0.3 is 10.1 Å². The minimum absolute atomic E-state index is 0.208. The van der Waals surface area contributed by atoms with Gasteiger partial charge >= 0.3 is 0 Å². The highest BCUT2D eigenvalue weighted by Crippen LogP contribution is 2.37. The number of ether oxygens (including phenoxy) is 1. The van der Waals surface area contributed by atoms with Gasteiger partial charge in [0.1, 0.15) is 5.54 Å². The molecular weight excluding hydrogens is 236 g/mol. The number of hydrogen-bond acceptors (Lipinski definition) is 3. The Bertz CT molecular complexity index is 418. The second-order valence-corrected chi connectivity index (χ2v) is 4.75. The van der Waals surface area contributed by atoms with E-state index in [0.717, 1.165) is 18.5 Å². The molecule has 0 saturated heterocycles. The van der Waals surface area contributed by atoms with Crippen LogP contribution in [0, 0.1) is 11.3 Å². The van der Waals surface area contributed by atoms with Gasteiger partial charge in [-0.2, -0.15) is 5.26 Å². The second-order valence-electron chi connectivity index (χ2n) is 4.31. The lowest BCUT2D eigenvalue weighted by molar-refractivity contribution is -0.0141. The van der Waals surface area contributed by atoms with E-state index in [-0.39, 0.29) is 6.10 Å². The fraction of sp³-hybridized carbons (Fsp3) is 0.462. The first-order chi connectivity index (χ1) is 8.17. The maximum Gasteiger partial charge on any atom is 0.130 e. The molecule has 0 unspecified atom stereocenters. The largest absolute Gasteiger partial charge is 0.378 e. The Balaban J connectivity index is 1.98. The summed E-state index contributed by atoms with van der Waals surface area (Å²) in [6.45, 7) is 2.67. The number of nitrogens with one attached hydrogen (secondary N) is 1. The van der Waals surface area contributed by atoms with Crippen molar-refractivity contribution in [2.75, 3.05) is 11.9 Å². The fourth-order valence-corrected chi connectivity index (χ4v) is 2.23. The van der Waals surface area contributed by atoms with Gasteiger partial charge in [-0.1, -0.05) is 11.6 Å². The lowest BCUT2D eigenvalue weighted by atomic mass is 9.75. The van der Waals surface area contributed by atoms with E-state index in [1.165, 1.54) is 0 Å². The molecule has 0 bridgehead atoms. The van der Waals surface area contributed by atoms with Crippen molar-refractivity contribution in [3.05, 3.63) is 29.3 Å². The maximum atomic E-state index is 9.24. The van der Waals surface area contributed by atoms with Gasteiger partial charge in [0.15, 0.2) is 0 Å². The first-order valence-electron chi connectivity index (χ1n) is 5.74. The summed E-state index contributed by atoms with van der Waals surface area (Å²) in [6, 6.07) is 9.74. The molecule has 1 aliphatic carbocycles. The van der Waals surface area contributed by atoms with Gasteiger partial charge in [-0.15, -0.1) is 0 Å². The highest BCUT2D eigenvalue weighted by Gasteiger charge is 2.45. The average molecular weight is 251 g/mol. The van der Waals surface area contributed by atoms with Crippen molar-refractivity contribution < 1.29 is 4.74 Å². The summed E-state index contributed by atoms with van der Waals surface area (Å²) in [6.07, 6.45) is 1.68. The summed E-state index contributed by atoms with van der Waals surface area (Å²) >= 11 is 5.82. The molecule has 17 heavy (non-hydrogen) atoms. The number of rotatable bonds is 4. The molecule has 0 aromatic heterocycles. The zero-order valence-electron chi connectivity index (χ0n) is 9.74. The predicted octanol–water partition coefficient (Wildman–Crippen LogP) is 3.21. The smallest absolute Gasteiger partial charge is 0.130 e. The Morgan fingerprint density at radius 1 is 1.47 bits per heavy atom. The van der Waals surface area contributed by atoms with Crippen molar-refractivity contribution in [1.29, 1.82) is 5.26 Å². The van der Waals surface area contributed by atoms with Crippen molar-refractivity contribution in [1.82, 2.24) is 0 Å². The summed E-state index contributed by atoms with van der Waals surface area (Å²) in [7, 11) is 0. The molecule has 0 spiro atoms. The van der Waals surface area contributed by atoms with E-state index < -0.39 is 5.54 Å². The minimum Gasteiger partial charge on any atom is -0.378 e. The quantitative estimate of drug-likeness (QED) is 0.893. The van der Waals surface area contributed by atoms with Crippen LogP contribution in [-0.2, 0) is 4.74 Å². The molecule has 4 heteroatoms. The highest BCUT2D eigenvalue weighted by atomic mass is 35.5. The zero-order valence-corrected chi connectivity index (χ0v) is 10.5. The number of nitrogens with zero attached hydrogens (tertiary/aromatic N) is 1. The van der Waals surface area contributed by atoms with Crippen LogP contribution < -0.4 is 5.32 Å². The summed E-state index contributed by atoms with van der Waals surface area (Å²) in [5, 5.41) is 13.2. The minimum atomic E-state index is -0.479. The fourth-order valence-electron chi connectivity index (χ4n) is 2.10. The summed E-state index contributed by atoms with van der Waals surface area (Å²) in [5.74, 6) is 0. The third-order valence-electron chi connectivity index (χ3n) is 3.00. The Labute approximate surface area is 106 Å². The standard InChI is InChI=1S/C13H15ClN2O/c1-2-17-12-7-13(8-12,9-15)16-11-5-3-10(14)4-6-11/h3-6,12,16H,2,7-8H2,1H3. The molecule has 1 saturated carbocycles. The molecule has 1 aromatic carbocycles. The van der Waals surface area contributed by atoms with Crippen molar-refractivity contribution in [2.45, 2.75) is 31.4 Å². The van der Waals surface area contributed by atoms with Crippen LogP contribution in [0.3, 0.4) is 0 Å². The van der Waals surface area contributed by atoms with Gasteiger partial charge in [0, 0.05) is 30.2 Å². The third kappa shape index (κ3) is 2.71. The number of anilines is 1. The van der Waals surface area contributed by atoms with E-state index in [0.29, 0.717) is 11.6 Å². The van der Waals surface area contributed by atoms with Crippen molar-refractivity contribution in [3.63, 3.8) is 0 Å². The van der Waals surface area contributed by atoms with Gasteiger partial charge in [-0.3, -0.25) is 0 Å².